The predicted octanol–water partition coefficient (Wildman–Crippen LogP) is 3.81. The molecule has 2 aromatic heterocycles. The van der Waals surface area contributed by atoms with Gasteiger partial charge in [-0.15, -0.1) is 0 Å². The summed E-state index contributed by atoms with van der Waals surface area (Å²) in [6, 6.07) is 9.88. The van der Waals surface area contributed by atoms with E-state index in [4.69, 9.17) is 14.0 Å². The van der Waals surface area contributed by atoms with E-state index < -0.39 is 5.97 Å². The first kappa shape index (κ1) is 15.9. The van der Waals surface area contributed by atoms with Gasteiger partial charge in [0.2, 0.25) is 5.76 Å². The first-order valence-electron chi connectivity index (χ1n) is 8.50. The van der Waals surface area contributed by atoms with Crippen LogP contribution in [0.2, 0.25) is 0 Å². The molecule has 6 nitrogen and oxygen atoms in total. The van der Waals surface area contributed by atoms with Crippen LogP contribution in [0.4, 0.5) is 0 Å². The zero-order valence-corrected chi connectivity index (χ0v) is 14.1. The lowest BCUT2D eigenvalue weighted by molar-refractivity contribution is 0.0651. The van der Waals surface area contributed by atoms with Gasteiger partial charge >= 0.3 is 5.97 Å². The summed E-state index contributed by atoms with van der Waals surface area (Å²) in [5.74, 6) is 0.0338. The number of likely N-dealkylation sites (tertiary alicyclic amines) is 1. The van der Waals surface area contributed by atoms with Gasteiger partial charge < -0.3 is 14.0 Å². The molecule has 0 atom stereocenters. The molecule has 6 heteroatoms. The molecule has 0 amide bonds. The monoisotopic (exact) mass is 340 g/mol. The number of carbonyl (C=O) groups is 1. The van der Waals surface area contributed by atoms with Crippen LogP contribution < -0.4 is 0 Å². The average molecular weight is 340 g/mol. The third-order valence-electron chi connectivity index (χ3n) is 4.89. The molecular weight excluding hydrogens is 320 g/mol. The molecule has 130 valence electrons. The number of furan rings is 1. The van der Waals surface area contributed by atoms with Gasteiger partial charge in [0.1, 0.15) is 11.3 Å². The van der Waals surface area contributed by atoms with Crippen molar-refractivity contribution in [1.29, 1.82) is 0 Å². The van der Waals surface area contributed by atoms with Gasteiger partial charge in [0.15, 0.2) is 0 Å². The highest BCUT2D eigenvalue weighted by atomic mass is 16.5. The number of carboxylic acids is 1. The third-order valence-corrected chi connectivity index (χ3v) is 4.89. The fraction of sp³-hybridized carbons (Fsp3) is 0.368. The summed E-state index contributed by atoms with van der Waals surface area (Å²) in [4.78, 5) is 13.3. The molecule has 1 N–H and O–H groups in total. The van der Waals surface area contributed by atoms with Crippen molar-refractivity contribution in [2.45, 2.75) is 32.2 Å². The molecule has 0 aliphatic carbocycles. The molecule has 0 unspecified atom stereocenters. The number of nitrogens with zero attached hydrogens (tertiary/aromatic N) is 2. The number of fused-ring (bicyclic) bond motifs is 1. The van der Waals surface area contributed by atoms with Gasteiger partial charge in [-0.25, -0.2) is 4.79 Å². The van der Waals surface area contributed by atoms with Gasteiger partial charge in [-0.3, -0.25) is 4.90 Å². The van der Waals surface area contributed by atoms with Crippen molar-refractivity contribution in [2.75, 3.05) is 13.1 Å². The number of para-hydroxylation sites is 1. The first-order valence-corrected chi connectivity index (χ1v) is 8.50. The number of aromatic carboxylic acids is 1. The van der Waals surface area contributed by atoms with Crippen molar-refractivity contribution in [3.05, 3.63) is 53.1 Å². The van der Waals surface area contributed by atoms with Gasteiger partial charge in [0, 0.05) is 29.5 Å². The van der Waals surface area contributed by atoms with Crippen LogP contribution in [0.25, 0.3) is 11.0 Å². The topological polar surface area (TPSA) is 79.7 Å². The lowest BCUT2D eigenvalue weighted by Crippen LogP contribution is -2.32. The van der Waals surface area contributed by atoms with E-state index >= 15 is 0 Å². The van der Waals surface area contributed by atoms with Gasteiger partial charge in [0.25, 0.3) is 0 Å². The second-order valence-corrected chi connectivity index (χ2v) is 6.66. The normalized spacial score (nSPS) is 16.5. The molecular formula is C19H20N2O4. The number of carboxylic acid groups (broad SMARTS) is 1. The number of rotatable bonds is 4. The maximum Gasteiger partial charge on any atom is 0.374 e. The summed E-state index contributed by atoms with van der Waals surface area (Å²) >= 11 is 0. The van der Waals surface area contributed by atoms with Crippen LogP contribution in [0.5, 0.6) is 0 Å². The van der Waals surface area contributed by atoms with Gasteiger partial charge in [-0.2, -0.15) is 0 Å². The zero-order chi connectivity index (χ0) is 17.4. The van der Waals surface area contributed by atoms with E-state index in [2.05, 4.69) is 34.3 Å². The standard InChI is InChI=1S/C19H20N2O4/c1-12-9-14-3-2-4-15(18(14)24-12)11-21-7-5-13(6-8-21)16-10-17(19(22)23)25-20-16/h2-4,9-10,13H,5-8,11H2,1H3,(H,22,23). The smallest absolute Gasteiger partial charge is 0.374 e. The summed E-state index contributed by atoms with van der Waals surface area (Å²) in [6.07, 6.45) is 1.89. The fourth-order valence-electron chi connectivity index (χ4n) is 3.59. The van der Waals surface area contributed by atoms with Crippen molar-refractivity contribution < 1.29 is 18.8 Å². The molecule has 3 heterocycles. The van der Waals surface area contributed by atoms with Crippen LogP contribution in [-0.2, 0) is 6.54 Å². The minimum absolute atomic E-state index is 0.0858. The van der Waals surface area contributed by atoms with Crippen molar-refractivity contribution in [2.24, 2.45) is 0 Å². The van der Waals surface area contributed by atoms with E-state index in [1.807, 2.05) is 6.92 Å². The second-order valence-electron chi connectivity index (χ2n) is 6.66. The molecule has 0 bridgehead atoms. The number of aryl methyl sites for hydroxylation is 1. The molecule has 1 aliphatic heterocycles. The minimum Gasteiger partial charge on any atom is -0.475 e. The number of benzene rings is 1. The van der Waals surface area contributed by atoms with Crippen LogP contribution in [0.15, 0.2) is 39.3 Å². The van der Waals surface area contributed by atoms with Gasteiger partial charge in [-0.1, -0.05) is 23.4 Å². The molecule has 1 aromatic carbocycles. The second kappa shape index (κ2) is 6.37. The Morgan fingerprint density at radius 2 is 2.12 bits per heavy atom. The zero-order valence-electron chi connectivity index (χ0n) is 14.1. The highest BCUT2D eigenvalue weighted by Crippen LogP contribution is 2.30. The summed E-state index contributed by atoms with van der Waals surface area (Å²) in [5, 5.41) is 14.0. The van der Waals surface area contributed by atoms with E-state index in [1.165, 1.54) is 5.56 Å². The van der Waals surface area contributed by atoms with Crippen LogP contribution in [0.1, 0.15) is 46.3 Å². The Morgan fingerprint density at radius 1 is 1.32 bits per heavy atom. The largest absolute Gasteiger partial charge is 0.475 e. The van der Waals surface area contributed by atoms with E-state index in [0.29, 0.717) is 0 Å². The molecule has 1 saturated heterocycles. The molecule has 4 rings (SSSR count). The molecule has 0 saturated carbocycles. The Morgan fingerprint density at radius 3 is 2.84 bits per heavy atom. The van der Waals surface area contributed by atoms with E-state index in [9.17, 15) is 4.79 Å². The van der Waals surface area contributed by atoms with Crippen molar-refractivity contribution in [1.82, 2.24) is 10.1 Å². The molecule has 0 spiro atoms. The van der Waals surface area contributed by atoms with Crippen LogP contribution >= 0.6 is 0 Å². The number of piperidine rings is 1. The molecule has 1 fully saturated rings. The number of hydrogen-bond donors (Lipinski definition) is 1. The van der Waals surface area contributed by atoms with Crippen molar-refractivity contribution >= 4 is 16.9 Å². The van der Waals surface area contributed by atoms with Crippen molar-refractivity contribution in [3.8, 4) is 0 Å². The molecule has 1 aliphatic rings. The fourth-order valence-corrected chi connectivity index (χ4v) is 3.59. The Balaban J connectivity index is 1.42. The Labute approximate surface area is 145 Å². The third kappa shape index (κ3) is 3.17. The van der Waals surface area contributed by atoms with Crippen LogP contribution in [0, 0.1) is 6.92 Å². The summed E-state index contributed by atoms with van der Waals surface area (Å²) in [7, 11) is 0. The lowest BCUT2D eigenvalue weighted by atomic mass is 9.93. The van der Waals surface area contributed by atoms with Gasteiger partial charge in [-0.05, 0) is 38.9 Å². The highest BCUT2D eigenvalue weighted by Gasteiger charge is 2.25. The Kier molecular flexibility index (Phi) is 4.05. The summed E-state index contributed by atoms with van der Waals surface area (Å²) < 4.78 is 10.7. The van der Waals surface area contributed by atoms with E-state index in [0.717, 1.165) is 54.9 Å². The van der Waals surface area contributed by atoms with Crippen LogP contribution in [-0.4, -0.2) is 34.2 Å². The quantitative estimate of drug-likeness (QED) is 0.778. The molecule has 25 heavy (non-hydrogen) atoms. The molecule has 3 aromatic rings. The Hall–Kier alpha value is -2.60. The summed E-state index contributed by atoms with van der Waals surface area (Å²) in [5.41, 5.74) is 2.93. The Bertz CT molecular complexity index is 903. The summed E-state index contributed by atoms with van der Waals surface area (Å²) in [6.45, 7) is 4.71. The van der Waals surface area contributed by atoms with Crippen molar-refractivity contribution in [3.63, 3.8) is 0 Å². The van der Waals surface area contributed by atoms with Crippen LogP contribution in [0.3, 0.4) is 0 Å². The number of aromatic nitrogens is 1. The molecule has 0 radical (unpaired) electrons. The number of hydrogen-bond acceptors (Lipinski definition) is 5. The maximum atomic E-state index is 10.9. The maximum absolute atomic E-state index is 10.9. The predicted molar refractivity (Wildman–Crippen MR) is 91.7 cm³/mol. The highest BCUT2D eigenvalue weighted by molar-refractivity contribution is 5.84. The lowest BCUT2D eigenvalue weighted by Gasteiger charge is -2.30. The minimum atomic E-state index is -1.07. The van der Waals surface area contributed by atoms with E-state index in [-0.39, 0.29) is 11.7 Å². The van der Waals surface area contributed by atoms with E-state index in [1.54, 1.807) is 6.07 Å². The first-order chi connectivity index (χ1) is 12.1. The average Bonchev–Trinajstić information content (AvgIpc) is 3.22. The van der Waals surface area contributed by atoms with Gasteiger partial charge in [0.05, 0.1) is 5.69 Å². The SMILES string of the molecule is Cc1cc2cccc(CN3CCC(c4cc(C(=O)O)on4)CC3)c2o1.